The van der Waals surface area contributed by atoms with Crippen molar-refractivity contribution in [3.8, 4) is 0 Å². The van der Waals surface area contributed by atoms with Crippen molar-refractivity contribution in [2.75, 3.05) is 0 Å². The lowest BCUT2D eigenvalue weighted by molar-refractivity contribution is -0.126. The van der Waals surface area contributed by atoms with Crippen LogP contribution >= 0.6 is 0 Å². The lowest BCUT2D eigenvalue weighted by atomic mass is 9.85. The Morgan fingerprint density at radius 3 is 2.79 bits per heavy atom. The van der Waals surface area contributed by atoms with Crippen LogP contribution in [0.5, 0.6) is 0 Å². The van der Waals surface area contributed by atoms with Crippen LogP contribution < -0.4 is 11.1 Å². The highest BCUT2D eigenvalue weighted by molar-refractivity contribution is 5.79. The van der Waals surface area contributed by atoms with E-state index in [-0.39, 0.29) is 23.9 Å². The van der Waals surface area contributed by atoms with Gasteiger partial charge >= 0.3 is 0 Å². The number of hydrogen-bond acceptors (Lipinski definition) is 3. The predicted molar refractivity (Wildman–Crippen MR) is 74.7 cm³/mol. The molecule has 3 atom stereocenters. The van der Waals surface area contributed by atoms with Gasteiger partial charge in [-0.2, -0.15) is 0 Å². The third-order valence-corrected chi connectivity index (χ3v) is 3.99. The summed E-state index contributed by atoms with van der Waals surface area (Å²) in [6, 6.07) is 2.16. The maximum Gasteiger partial charge on any atom is 0.223 e. The number of nitrogens with two attached hydrogens (primary N) is 1. The van der Waals surface area contributed by atoms with E-state index in [0.29, 0.717) is 0 Å². The minimum absolute atomic E-state index is 0.0110. The van der Waals surface area contributed by atoms with E-state index >= 15 is 0 Å². The predicted octanol–water partition coefficient (Wildman–Crippen LogP) is 2.59. The van der Waals surface area contributed by atoms with Gasteiger partial charge in [-0.25, -0.2) is 0 Å². The van der Waals surface area contributed by atoms with Crippen LogP contribution in [0.4, 0.5) is 0 Å². The highest BCUT2D eigenvalue weighted by atomic mass is 16.3. The number of amides is 1. The van der Waals surface area contributed by atoms with Crippen LogP contribution in [0.25, 0.3) is 0 Å². The average molecular weight is 264 g/mol. The van der Waals surface area contributed by atoms with Crippen molar-refractivity contribution < 1.29 is 9.21 Å². The molecule has 1 saturated carbocycles. The fraction of sp³-hybridized carbons (Fsp3) is 0.667. The minimum Gasteiger partial charge on any atom is -0.466 e. The SMILES string of the molecule is Cc1cc(C(C)NC(=O)C2CCCC(N)C2)c(C)o1. The molecule has 0 radical (unpaired) electrons. The van der Waals surface area contributed by atoms with Gasteiger partial charge in [0.05, 0.1) is 6.04 Å². The topological polar surface area (TPSA) is 68.3 Å². The second-order valence-electron chi connectivity index (χ2n) is 5.72. The molecule has 0 bridgehead atoms. The normalized spacial score (nSPS) is 25.1. The second kappa shape index (κ2) is 5.78. The first-order valence-electron chi connectivity index (χ1n) is 7.10. The molecule has 1 aliphatic carbocycles. The van der Waals surface area contributed by atoms with Crippen molar-refractivity contribution in [3.05, 3.63) is 23.2 Å². The molecule has 3 N–H and O–H groups in total. The van der Waals surface area contributed by atoms with E-state index in [0.717, 1.165) is 42.8 Å². The van der Waals surface area contributed by atoms with Crippen LogP contribution in [0.1, 0.15) is 55.7 Å². The third-order valence-electron chi connectivity index (χ3n) is 3.99. The summed E-state index contributed by atoms with van der Waals surface area (Å²) in [7, 11) is 0. The number of carbonyl (C=O) groups is 1. The maximum absolute atomic E-state index is 12.2. The molecule has 1 aromatic heterocycles. The number of nitrogens with one attached hydrogen (secondary N) is 1. The third kappa shape index (κ3) is 3.38. The first kappa shape index (κ1) is 14.1. The largest absolute Gasteiger partial charge is 0.466 e. The molecule has 1 amide bonds. The van der Waals surface area contributed by atoms with Gasteiger partial charge in [0.1, 0.15) is 11.5 Å². The Bertz CT molecular complexity index is 453. The Hall–Kier alpha value is -1.29. The van der Waals surface area contributed by atoms with Gasteiger partial charge in [0.15, 0.2) is 0 Å². The first-order valence-corrected chi connectivity index (χ1v) is 7.10. The molecule has 2 rings (SSSR count). The number of hydrogen-bond donors (Lipinski definition) is 2. The summed E-state index contributed by atoms with van der Waals surface area (Å²) in [6.07, 6.45) is 3.86. The van der Waals surface area contributed by atoms with E-state index in [1.54, 1.807) is 0 Å². The molecule has 1 aromatic rings. The molecule has 1 aliphatic rings. The fourth-order valence-corrected chi connectivity index (χ4v) is 2.96. The van der Waals surface area contributed by atoms with Crippen LogP contribution in [0.3, 0.4) is 0 Å². The summed E-state index contributed by atoms with van der Waals surface area (Å²) in [4.78, 5) is 12.2. The molecule has 0 aliphatic heterocycles. The lowest BCUT2D eigenvalue weighted by Gasteiger charge is -2.27. The maximum atomic E-state index is 12.2. The Morgan fingerprint density at radius 1 is 1.47 bits per heavy atom. The molecule has 4 heteroatoms. The Morgan fingerprint density at radius 2 is 2.21 bits per heavy atom. The molecule has 0 saturated heterocycles. The summed E-state index contributed by atoms with van der Waals surface area (Å²) in [5.41, 5.74) is 7.00. The number of carbonyl (C=O) groups excluding carboxylic acids is 1. The van der Waals surface area contributed by atoms with Gasteiger partial charge in [-0.15, -0.1) is 0 Å². The van der Waals surface area contributed by atoms with Crippen molar-refractivity contribution in [2.24, 2.45) is 11.7 Å². The molecular formula is C15H24N2O2. The quantitative estimate of drug-likeness (QED) is 0.881. The van der Waals surface area contributed by atoms with Crippen LogP contribution in [0.2, 0.25) is 0 Å². The molecule has 1 heterocycles. The summed E-state index contributed by atoms with van der Waals surface area (Å²) < 4.78 is 5.51. The molecule has 4 nitrogen and oxygen atoms in total. The van der Waals surface area contributed by atoms with Crippen molar-refractivity contribution >= 4 is 5.91 Å². The summed E-state index contributed by atoms with van der Waals surface area (Å²) in [5, 5.41) is 3.09. The molecule has 0 spiro atoms. The second-order valence-corrected chi connectivity index (χ2v) is 5.72. The van der Waals surface area contributed by atoms with E-state index in [1.165, 1.54) is 0 Å². The van der Waals surface area contributed by atoms with E-state index in [4.69, 9.17) is 10.2 Å². The van der Waals surface area contributed by atoms with Gasteiger partial charge in [0.25, 0.3) is 0 Å². The highest BCUT2D eigenvalue weighted by Gasteiger charge is 2.26. The standard InChI is InChI=1S/C15H24N2O2/c1-9-7-14(11(3)19-9)10(2)17-15(18)12-5-4-6-13(16)8-12/h7,10,12-13H,4-6,8,16H2,1-3H3,(H,17,18). The van der Waals surface area contributed by atoms with Crippen molar-refractivity contribution in [2.45, 2.75) is 58.5 Å². The molecule has 1 fully saturated rings. The van der Waals surface area contributed by atoms with Crippen molar-refractivity contribution in [3.63, 3.8) is 0 Å². The highest BCUT2D eigenvalue weighted by Crippen LogP contribution is 2.25. The monoisotopic (exact) mass is 264 g/mol. The van der Waals surface area contributed by atoms with E-state index < -0.39 is 0 Å². The molecule has 19 heavy (non-hydrogen) atoms. The number of rotatable bonds is 3. The Balaban J connectivity index is 1.96. The summed E-state index contributed by atoms with van der Waals surface area (Å²) in [6.45, 7) is 5.85. The zero-order valence-electron chi connectivity index (χ0n) is 12.0. The summed E-state index contributed by atoms with van der Waals surface area (Å²) >= 11 is 0. The van der Waals surface area contributed by atoms with Crippen molar-refractivity contribution in [1.82, 2.24) is 5.32 Å². The van der Waals surface area contributed by atoms with E-state index in [1.807, 2.05) is 26.8 Å². The molecular weight excluding hydrogens is 240 g/mol. The first-order chi connectivity index (χ1) is 8.97. The Labute approximate surface area is 114 Å². The van der Waals surface area contributed by atoms with Gasteiger partial charge in [-0.05, 0) is 46.1 Å². The molecule has 106 valence electrons. The summed E-state index contributed by atoms with van der Waals surface area (Å²) in [5.74, 6) is 1.96. The zero-order chi connectivity index (χ0) is 14.0. The van der Waals surface area contributed by atoms with Gasteiger partial charge in [0, 0.05) is 17.5 Å². The minimum atomic E-state index is -0.0110. The van der Waals surface area contributed by atoms with Gasteiger partial charge in [0.2, 0.25) is 5.91 Å². The number of aryl methyl sites for hydroxylation is 2. The fourth-order valence-electron chi connectivity index (χ4n) is 2.96. The van der Waals surface area contributed by atoms with Crippen LogP contribution in [0.15, 0.2) is 10.5 Å². The van der Waals surface area contributed by atoms with Gasteiger partial charge in [-0.3, -0.25) is 4.79 Å². The smallest absolute Gasteiger partial charge is 0.223 e. The van der Waals surface area contributed by atoms with Gasteiger partial charge < -0.3 is 15.5 Å². The van der Waals surface area contributed by atoms with E-state index in [9.17, 15) is 4.79 Å². The lowest BCUT2D eigenvalue weighted by Crippen LogP contribution is -2.38. The van der Waals surface area contributed by atoms with Crippen LogP contribution in [0, 0.1) is 19.8 Å². The van der Waals surface area contributed by atoms with Crippen molar-refractivity contribution in [1.29, 1.82) is 0 Å². The molecule has 0 aromatic carbocycles. The van der Waals surface area contributed by atoms with Crippen LogP contribution in [-0.2, 0) is 4.79 Å². The van der Waals surface area contributed by atoms with Gasteiger partial charge in [-0.1, -0.05) is 6.42 Å². The molecule has 3 unspecified atom stereocenters. The van der Waals surface area contributed by atoms with E-state index in [2.05, 4.69) is 5.32 Å². The Kier molecular flexibility index (Phi) is 4.30. The number of furan rings is 1. The zero-order valence-corrected chi connectivity index (χ0v) is 12.0. The van der Waals surface area contributed by atoms with Crippen LogP contribution in [-0.4, -0.2) is 11.9 Å². The average Bonchev–Trinajstić information content (AvgIpc) is 2.68.